The topological polar surface area (TPSA) is 54.7 Å². The van der Waals surface area contributed by atoms with Gasteiger partial charge in [0, 0.05) is 12.0 Å². The van der Waals surface area contributed by atoms with E-state index in [1.807, 2.05) is 42.5 Å². The van der Waals surface area contributed by atoms with E-state index in [0.717, 1.165) is 34.1 Å². The summed E-state index contributed by atoms with van der Waals surface area (Å²) in [6.45, 7) is 0. The number of hydrogen-bond acceptors (Lipinski definition) is 2. The summed E-state index contributed by atoms with van der Waals surface area (Å²) in [5.74, 6) is -0.00307. The number of aromatic nitrogens is 2. The van der Waals surface area contributed by atoms with E-state index < -0.39 is 0 Å². The molecule has 0 fully saturated rings. The van der Waals surface area contributed by atoms with Gasteiger partial charge in [0.1, 0.15) is 5.82 Å². The molecule has 0 radical (unpaired) electrons. The van der Waals surface area contributed by atoms with E-state index in [9.17, 15) is 4.39 Å². The Morgan fingerprint density at radius 2 is 1.85 bits per heavy atom. The van der Waals surface area contributed by atoms with Gasteiger partial charge >= 0.3 is 0 Å². The Bertz CT molecular complexity index is 1130. The summed E-state index contributed by atoms with van der Waals surface area (Å²) >= 11 is 0. The number of hydrogen-bond donors (Lipinski definition) is 2. The Kier molecular flexibility index (Phi) is 3.80. The van der Waals surface area contributed by atoms with Crippen LogP contribution in [0.5, 0.6) is 0 Å². The first-order valence-corrected chi connectivity index (χ1v) is 9.24. The summed E-state index contributed by atoms with van der Waals surface area (Å²) in [6.07, 6.45) is 3.16. The first-order valence-electron chi connectivity index (χ1n) is 9.24. The lowest BCUT2D eigenvalue weighted by Gasteiger charge is -2.17. The molecule has 134 valence electrons. The number of H-pyrrole nitrogens is 1. The number of imidazole rings is 1. The van der Waals surface area contributed by atoms with Crippen molar-refractivity contribution in [2.24, 2.45) is 5.73 Å². The minimum Gasteiger partial charge on any atom is -0.345 e. The number of benzene rings is 3. The Morgan fingerprint density at radius 3 is 2.74 bits per heavy atom. The van der Waals surface area contributed by atoms with Gasteiger partial charge in [-0.1, -0.05) is 42.5 Å². The highest BCUT2D eigenvalue weighted by Crippen LogP contribution is 2.35. The van der Waals surface area contributed by atoms with E-state index in [2.05, 4.69) is 22.1 Å². The summed E-state index contributed by atoms with van der Waals surface area (Å²) in [4.78, 5) is 7.33. The van der Waals surface area contributed by atoms with Crippen LogP contribution in [0.4, 0.5) is 4.39 Å². The van der Waals surface area contributed by atoms with Gasteiger partial charge in [0.15, 0.2) is 0 Å². The zero-order valence-electron chi connectivity index (χ0n) is 14.8. The standard InChI is InChI=1S/C23H20FN3/c24-20-10-14(15-7-8-22-23(12-15)27-13-26-22)5-6-17(20)9-19-18-4-2-1-3-16(18)11-21(19)25/h1-8,10,12-13,19,21H,9,11,25H2,(H,26,27). The van der Waals surface area contributed by atoms with E-state index in [0.29, 0.717) is 6.42 Å². The molecular formula is C23H20FN3. The van der Waals surface area contributed by atoms with Crippen LogP contribution in [0.25, 0.3) is 22.2 Å². The van der Waals surface area contributed by atoms with Gasteiger partial charge in [-0.2, -0.15) is 0 Å². The molecule has 1 aliphatic rings. The van der Waals surface area contributed by atoms with Crippen LogP contribution in [0, 0.1) is 5.82 Å². The molecule has 0 saturated heterocycles. The maximum Gasteiger partial charge on any atom is 0.127 e. The zero-order valence-corrected chi connectivity index (χ0v) is 14.8. The first-order chi connectivity index (χ1) is 13.2. The van der Waals surface area contributed by atoms with Crippen molar-refractivity contribution in [2.45, 2.75) is 24.8 Å². The minimum absolute atomic E-state index is 0.0456. The quantitative estimate of drug-likeness (QED) is 0.564. The number of fused-ring (bicyclic) bond motifs is 2. The maximum absolute atomic E-state index is 14.9. The molecule has 4 heteroatoms. The second kappa shape index (κ2) is 6.32. The van der Waals surface area contributed by atoms with Crippen molar-refractivity contribution in [1.82, 2.24) is 9.97 Å². The molecule has 3 nitrogen and oxygen atoms in total. The van der Waals surface area contributed by atoms with Crippen LogP contribution in [-0.4, -0.2) is 16.0 Å². The molecule has 1 aromatic heterocycles. The number of nitrogens with zero attached hydrogens (tertiary/aromatic N) is 1. The van der Waals surface area contributed by atoms with Crippen molar-refractivity contribution in [3.8, 4) is 11.1 Å². The van der Waals surface area contributed by atoms with Crippen LogP contribution in [0.2, 0.25) is 0 Å². The number of halogens is 1. The largest absolute Gasteiger partial charge is 0.345 e. The lowest BCUT2D eigenvalue weighted by Crippen LogP contribution is -2.26. The van der Waals surface area contributed by atoms with Gasteiger partial charge in [0.25, 0.3) is 0 Å². The van der Waals surface area contributed by atoms with E-state index in [1.165, 1.54) is 11.1 Å². The predicted molar refractivity (Wildman–Crippen MR) is 106 cm³/mol. The van der Waals surface area contributed by atoms with Gasteiger partial charge in [0.2, 0.25) is 0 Å². The molecule has 0 saturated carbocycles. The van der Waals surface area contributed by atoms with Gasteiger partial charge < -0.3 is 10.7 Å². The highest BCUT2D eigenvalue weighted by atomic mass is 19.1. The van der Waals surface area contributed by atoms with Crippen molar-refractivity contribution in [3.63, 3.8) is 0 Å². The van der Waals surface area contributed by atoms with Gasteiger partial charge in [-0.3, -0.25) is 0 Å². The molecule has 5 rings (SSSR count). The Morgan fingerprint density at radius 1 is 1.04 bits per heavy atom. The van der Waals surface area contributed by atoms with Crippen molar-refractivity contribution in [1.29, 1.82) is 0 Å². The normalized spacial score (nSPS) is 18.7. The molecule has 2 atom stereocenters. The molecular weight excluding hydrogens is 337 g/mol. The molecule has 4 aromatic rings. The van der Waals surface area contributed by atoms with Crippen molar-refractivity contribution < 1.29 is 4.39 Å². The summed E-state index contributed by atoms with van der Waals surface area (Å²) in [7, 11) is 0. The lowest BCUT2D eigenvalue weighted by molar-refractivity contribution is 0.545. The predicted octanol–water partition coefficient (Wildman–Crippen LogP) is 4.58. The molecule has 0 amide bonds. The van der Waals surface area contributed by atoms with Crippen LogP contribution in [-0.2, 0) is 12.8 Å². The van der Waals surface area contributed by atoms with Crippen LogP contribution >= 0.6 is 0 Å². The number of nitrogens with one attached hydrogen (secondary N) is 1. The third kappa shape index (κ3) is 2.82. The highest BCUT2D eigenvalue weighted by Gasteiger charge is 2.30. The fraction of sp³-hybridized carbons (Fsp3) is 0.174. The van der Waals surface area contributed by atoms with Gasteiger partial charge in [-0.25, -0.2) is 9.37 Å². The SMILES string of the molecule is NC1Cc2ccccc2C1Cc1ccc(-c2ccc3nc[nH]c3c2)cc1F. The maximum atomic E-state index is 14.9. The molecule has 0 aliphatic heterocycles. The van der Waals surface area contributed by atoms with Gasteiger partial charge in [0.05, 0.1) is 17.4 Å². The molecule has 2 unspecified atom stereocenters. The van der Waals surface area contributed by atoms with Gasteiger partial charge in [-0.15, -0.1) is 0 Å². The molecule has 3 aromatic carbocycles. The average Bonchev–Trinajstić information content (AvgIpc) is 3.27. The summed E-state index contributed by atoms with van der Waals surface area (Å²) in [6, 6.07) is 19.8. The number of rotatable bonds is 3. The number of aromatic amines is 1. The van der Waals surface area contributed by atoms with E-state index in [1.54, 1.807) is 12.4 Å². The molecule has 1 aliphatic carbocycles. The summed E-state index contributed by atoms with van der Waals surface area (Å²) in [5, 5.41) is 0. The fourth-order valence-corrected chi connectivity index (χ4v) is 4.21. The lowest BCUT2D eigenvalue weighted by atomic mass is 9.90. The molecule has 27 heavy (non-hydrogen) atoms. The minimum atomic E-state index is -0.172. The van der Waals surface area contributed by atoms with Crippen LogP contribution in [0.3, 0.4) is 0 Å². The van der Waals surface area contributed by atoms with E-state index >= 15 is 0 Å². The first kappa shape index (κ1) is 16.2. The van der Waals surface area contributed by atoms with Crippen molar-refractivity contribution in [2.75, 3.05) is 0 Å². The smallest absolute Gasteiger partial charge is 0.127 e. The molecule has 3 N–H and O–H groups in total. The summed E-state index contributed by atoms with van der Waals surface area (Å²) < 4.78 is 14.9. The number of nitrogens with two attached hydrogens (primary N) is 1. The molecule has 0 spiro atoms. The molecule has 1 heterocycles. The van der Waals surface area contributed by atoms with Crippen molar-refractivity contribution in [3.05, 3.63) is 89.5 Å². The van der Waals surface area contributed by atoms with Crippen LogP contribution < -0.4 is 5.73 Å². The second-order valence-electron chi connectivity index (χ2n) is 7.32. The fourth-order valence-electron chi connectivity index (χ4n) is 4.21. The molecule has 0 bridgehead atoms. The Balaban J connectivity index is 1.45. The Labute approximate surface area is 157 Å². The monoisotopic (exact) mass is 357 g/mol. The van der Waals surface area contributed by atoms with E-state index in [-0.39, 0.29) is 17.8 Å². The third-order valence-corrected chi connectivity index (χ3v) is 5.67. The average molecular weight is 357 g/mol. The third-order valence-electron chi connectivity index (χ3n) is 5.67. The van der Waals surface area contributed by atoms with Crippen LogP contribution in [0.1, 0.15) is 22.6 Å². The van der Waals surface area contributed by atoms with Crippen LogP contribution in [0.15, 0.2) is 67.0 Å². The second-order valence-corrected chi connectivity index (χ2v) is 7.32. The summed E-state index contributed by atoms with van der Waals surface area (Å²) in [5.41, 5.74) is 13.3. The van der Waals surface area contributed by atoms with E-state index in [4.69, 9.17) is 5.73 Å². The Hall–Kier alpha value is -2.98. The van der Waals surface area contributed by atoms with Crippen molar-refractivity contribution >= 4 is 11.0 Å². The zero-order chi connectivity index (χ0) is 18.4. The van der Waals surface area contributed by atoms with Gasteiger partial charge in [-0.05, 0) is 58.9 Å². The highest BCUT2D eigenvalue weighted by molar-refractivity contribution is 5.81.